The number of amides is 2. The number of benzene rings is 2. The summed E-state index contributed by atoms with van der Waals surface area (Å²) in [5.74, 6) is -1.53. The van der Waals surface area contributed by atoms with Crippen molar-refractivity contribution in [2.45, 2.75) is 33.1 Å². The molecule has 0 spiro atoms. The second-order valence-corrected chi connectivity index (χ2v) is 7.21. The Morgan fingerprint density at radius 1 is 1.18 bits per heavy atom. The molecule has 2 N–H and O–H groups in total. The average molecular weight is 380 g/mol. The predicted octanol–water partition coefficient (Wildman–Crippen LogP) is 3.31. The molecule has 28 heavy (non-hydrogen) atoms. The van der Waals surface area contributed by atoms with Crippen LogP contribution in [0, 0.1) is 19.8 Å². The number of carboxylic acid groups (broad SMARTS) is 1. The van der Waals surface area contributed by atoms with E-state index in [0.717, 1.165) is 22.4 Å². The molecule has 1 fully saturated rings. The van der Waals surface area contributed by atoms with Crippen LogP contribution in [0.1, 0.15) is 29.5 Å². The van der Waals surface area contributed by atoms with E-state index < -0.39 is 11.9 Å². The van der Waals surface area contributed by atoms with Gasteiger partial charge in [0.25, 0.3) is 0 Å². The molecule has 0 bridgehead atoms. The second-order valence-electron chi connectivity index (χ2n) is 7.21. The molecule has 146 valence electrons. The fourth-order valence-corrected chi connectivity index (χ4v) is 3.44. The molecular weight excluding hydrogens is 356 g/mol. The Hall–Kier alpha value is -3.15. The molecule has 6 heteroatoms. The molecule has 0 radical (unpaired) electrons. The third-order valence-corrected chi connectivity index (χ3v) is 5.18. The molecule has 0 saturated carbocycles. The monoisotopic (exact) mass is 380 g/mol. The molecule has 1 aliphatic rings. The van der Waals surface area contributed by atoms with E-state index in [-0.39, 0.29) is 24.7 Å². The van der Waals surface area contributed by atoms with Gasteiger partial charge in [-0.25, -0.2) is 0 Å². The zero-order valence-corrected chi connectivity index (χ0v) is 16.1. The Labute approximate surface area is 164 Å². The minimum atomic E-state index is -0.856. The molecule has 1 saturated heterocycles. The maximum absolute atomic E-state index is 12.7. The van der Waals surface area contributed by atoms with E-state index in [1.807, 2.05) is 38.1 Å². The van der Waals surface area contributed by atoms with Gasteiger partial charge in [-0.05, 0) is 55.2 Å². The summed E-state index contributed by atoms with van der Waals surface area (Å²) in [7, 11) is 0. The van der Waals surface area contributed by atoms with Gasteiger partial charge in [-0.3, -0.25) is 14.4 Å². The first-order valence-electron chi connectivity index (χ1n) is 9.33. The molecular formula is C22H24N2O4. The molecule has 0 aliphatic carbocycles. The summed E-state index contributed by atoms with van der Waals surface area (Å²) in [5.41, 5.74) is 4.47. The normalized spacial score (nSPS) is 16.3. The van der Waals surface area contributed by atoms with Crippen LogP contribution in [0.5, 0.6) is 0 Å². The minimum absolute atomic E-state index is 0.0410. The van der Waals surface area contributed by atoms with Gasteiger partial charge in [0, 0.05) is 30.8 Å². The molecule has 2 amide bonds. The fraction of sp³-hybridized carbons (Fsp3) is 0.318. The zero-order valence-electron chi connectivity index (χ0n) is 16.1. The van der Waals surface area contributed by atoms with Crippen molar-refractivity contribution in [1.82, 2.24) is 0 Å². The molecule has 3 rings (SSSR count). The van der Waals surface area contributed by atoms with Crippen LogP contribution in [0.25, 0.3) is 0 Å². The first-order chi connectivity index (χ1) is 13.3. The maximum Gasteiger partial charge on any atom is 0.303 e. The summed E-state index contributed by atoms with van der Waals surface area (Å²) < 4.78 is 0. The van der Waals surface area contributed by atoms with Crippen molar-refractivity contribution in [3.63, 3.8) is 0 Å². The van der Waals surface area contributed by atoms with Crippen LogP contribution in [-0.4, -0.2) is 29.4 Å². The van der Waals surface area contributed by atoms with Gasteiger partial charge in [0.1, 0.15) is 0 Å². The number of carbonyl (C=O) groups is 3. The number of nitrogens with zero attached hydrogens (tertiary/aromatic N) is 1. The van der Waals surface area contributed by atoms with Crippen LogP contribution in [0.2, 0.25) is 0 Å². The van der Waals surface area contributed by atoms with Crippen LogP contribution < -0.4 is 10.2 Å². The van der Waals surface area contributed by atoms with Crippen LogP contribution in [-0.2, 0) is 20.8 Å². The molecule has 6 nitrogen and oxygen atoms in total. The highest BCUT2D eigenvalue weighted by atomic mass is 16.4. The first kappa shape index (κ1) is 19.6. The highest BCUT2D eigenvalue weighted by Gasteiger charge is 2.35. The van der Waals surface area contributed by atoms with Gasteiger partial charge >= 0.3 is 5.97 Å². The lowest BCUT2D eigenvalue weighted by atomic mass is 10.1. The highest BCUT2D eigenvalue weighted by molar-refractivity contribution is 6.03. The Kier molecular flexibility index (Phi) is 5.78. The Bertz CT molecular complexity index is 923. The third kappa shape index (κ3) is 4.39. The number of rotatable bonds is 6. The van der Waals surface area contributed by atoms with Crippen LogP contribution in [0.4, 0.5) is 11.4 Å². The SMILES string of the molecule is Cc1cccc(N2CC(C(=O)Nc3cccc(CCC(=O)O)c3)CC2=O)c1C. The van der Waals surface area contributed by atoms with Crippen molar-refractivity contribution >= 4 is 29.2 Å². The molecule has 1 heterocycles. The largest absolute Gasteiger partial charge is 0.481 e. The smallest absolute Gasteiger partial charge is 0.303 e. The standard InChI is InChI=1S/C22H24N2O4/c1-14-5-3-8-19(15(14)2)24-13-17(12-20(24)25)22(28)23-18-7-4-6-16(11-18)9-10-21(26)27/h3-8,11,17H,9-10,12-13H2,1-2H3,(H,23,28)(H,26,27). The first-order valence-corrected chi connectivity index (χ1v) is 9.33. The lowest BCUT2D eigenvalue weighted by Gasteiger charge is -2.20. The van der Waals surface area contributed by atoms with Crippen LogP contribution in [0.15, 0.2) is 42.5 Å². The molecule has 1 aliphatic heterocycles. The van der Waals surface area contributed by atoms with Gasteiger partial charge in [0.15, 0.2) is 0 Å². The van der Waals surface area contributed by atoms with E-state index in [1.165, 1.54) is 0 Å². The summed E-state index contributed by atoms with van der Waals surface area (Å²) in [6.07, 6.45) is 0.624. The molecule has 2 aromatic carbocycles. The van der Waals surface area contributed by atoms with Crippen LogP contribution >= 0.6 is 0 Å². The molecule has 0 aromatic heterocycles. The molecule has 1 unspecified atom stereocenters. The minimum Gasteiger partial charge on any atom is -0.481 e. The second kappa shape index (κ2) is 8.25. The van der Waals surface area contributed by atoms with E-state index in [0.29, 0.717) is 18.7 Å². The summed E-state index contributed by atoms with van der Waals surface area (Å²) in [5, 5.41) is 11.7. The quantitative estimate of drug-likeness (QED) is 0.805. The summed E-state index contributed by atoms with van der Waals surface area (Å²) in [6, 6.07) is 13.0. The van der Waals surface area contributed by atoms with Gasteiger partial charge in [-0.2, -0.15) is 0 Å². The van der Waals surface area contributed by atoms with E-state index in [2.05, 4.69) is 5.32 Å². The molecule has 1 atom stereocenters. The topological polar surface area (TPSA) is 86.7 Å². The van der Waals surface area contributed by atoms with Crippen molar-refractivity contribution < 1.29 is 19.5 Å². The van der Waals surface area contributed by atoms with E-state index in [4.69, 9.17) is 5.11 Å². The van der Waals surface area contributed by atoms with E-state index in [1.54, 1.807) is 23.1 Å². The van der Waals surface area contributed by atoms with E-state index in [9.17, 15) is 14.4 Å². The Morgan fingerprint density at radius 2 is 1.93 bits per heavy atom. The molecule has 2 aromatic rings. The highest BCUT2D eigenvalue weighted by Crippen LogP contribution is 2.30. The number of aliphatic carboxylic acids is 1. The van der Waals surface area contributed by atoms with Crippen molar-refractivity contribution in [2.24, 2.45) is 5.92 Å². The van der Waals surface area contributed by atoms with Crippen LogP contribution in [0.3, 0.4) is 0 Å². The van der Waals surface area contributed by atoms with E-state index >= 15 is 0 Å². The van der Waals surface area contributed by atoms with Gasteiger partial charge in [-0.1, -0.05) is 24.3 Å². The maximum atomic E-state index is 12.7. The van der Waals surface area contributed by atoms with Crippen molar-refractivity contribution in [1.29, 1.82) is 0 Å². The van der Waals surface area contributed by atoms with Gasteiger partial charge in [-0.15, -0.1) is 0 Å². The lowest BCUT2D eigenvalue weighted by molar-refractivity contribution is -0.137. The summed E-state index contributed by atoms with van der Waals surface area (Å²) in [6.45, 7) is 4.34. The lowest BCUT2D eigenvalue weighted by Crippen LogP contribution is -2.28. The van der Waals surface area contributed by atoms with Crippen molar-refractivity contribution in [3.05, 3.63) is 59.2 Å². The number of carbonyl (C=O) groups excluding carboxylic acids is 2. The van der Waals surface area contributed by atoms with Crippen molar-refractivity contribution in [3.8, 4) is 0 Å². The van der Waals surface area contributed by atoms with Crippen molar-refractivity contribution in [2.75, 3.05) is 16.8 Å². The number of aryl methyl sites for hydroxylation is 2. The number of hydrogen-bond acceptors (Lipinski definition) is 3. The van der Waals surface area contributed by atoms with Gasteiger partial charge < -0.3 is 15.3 Å². The number of anilines is 2. The average Bonchev–Trinajstić information content (AvgIpc) is 3.04. The Balaban J connectivity index is 1.67. The number of carboxylic acids is 1. The van der Waals surface area contributed by atoms with Gasteiger partial charge in [0.05, 0.1) is 5.92 Å². The number of hydrogen-bond donors (Lipinski definition) is 2. The Morgan fingerprint density at radius 3 is 2.68 bits per heavy atom. The summed E-state index contributed by atoms with van der Waals surface area (Å²) >= 11 is 0. The fourth-order valence-electron chi connectivity index (χ4n) is 3.44. The third-order valence-electron chi connectivity index (χ3n) is 5.18. The zero-order chi connectivity index (χ0) is 20.3. The summed E-state index contributed by atoms with van der Waals surface area (Å²) in [4.78, 5) is 37.6. The predicted molar refractivity (Wildman–Crippen MR) is 107 cm³/mol. The number of nitrogens with one attached hydrogen (secondary N) is 1. The van der Waals surface area contributed by atoms with Gasteiger partial charge in [0.2, 0.25) is 11.8 Å².